The summed E-state index contributed by atoms with van der Waals surface area (Å²) in [4.78, 5) is 237. The van der Waals surface area contributed by atoms with E-state index in [2.05, 4.69) is 63.8 Å². The first-order valence-corrected chi connectivity index (χ1v) is 34.5. The van der Waals surface area contributed by atoms with Gasteiger partial charge in [0.1, 0.15) is 66.5 Å². The van der Waals surface area contributed by atoms with Crippen LogP contribution in [-0.4, -0.2) is 229 Å². The van der Waals surface area contributed by atoms with Gasteiger partial charge in [0, 0.05) is 19.3 Å². The number of rotatable bonds is 53. The van der Waals surface area contributed by atoms with Crippen LogP contribution in [0.5, 0.6) is 0 Å². The highest BCUT2D eigenvalue weighted by Crippen LogP contribution is 2.16. The van der Waals surface area contributed by atoms with Crippen molar-refractivity contribution in [2.45, 2.75) is 258 Å². The molecular formula is C65H111N15O24. The molecule has 14 atom stereocenters. The number of nitrogens with one attached hydrogen (secondary N) is 12. The molecule has 104 heavy (non-hydrogen) atoms. The third kappa shape index (κ3) is 38.6. The van der Waals surface area contributed by atoms with Crippen LogP contribution in [0.15, 0.2) is 0 Å². The molecule has 0 aromatic rings. The molecule has 0 aliphatic heterocycles. The quantitative estimate of drug-likeness (QED) is 0.0255. The number of unbranched alkanes of at least 4 members (excludes halogenated alkanes) is 1. The Bertz CT molecular complexity index is 2970. The lowest BCUT2D eigenvalue weighted by molar-refractivity contribution is -0.143. The van der Waals surface area contributed by atoms with Crippen LogP contribution in [0.1, 0.15) is 179 Å². The van der Waals surface area contributed by atoms with Gasteiger partial charge in [0.2, 0.25) is 76.8 Å². The van der Waals surface area contributed by atoms with Crippen molar-refractivity contribution >= 4 is 107 Å². The molecule has 0 aliphatic carbocycles. The molecule has 0 bridgehead atoms. The maximum Gasteiger partial charge on any atom is 0.326 e. The van der Waals surface area contributed by atoms with Crippen molar-refractivity contribution in [3.63, 3.8) is 0 Å². The van der Waals surface area contributed by atoms with Gasteiger partial charge < -0.3 is 112 Å². The molecular weight excluding hydrogens is 1370 g/mol. The fourth-order valence-electron chi connectivity index (χ4n) is 10.2. The number of aliphatic carboxylic acids is 5. The first-order valence-electron chi connectivity index (χ1n) is 34.5. The number of amides is 13. The zero-order valence-electron chi connectivity index (χ0n) is 60.9. The molecule has 0 radical (unpaired) electrons. The Morgan fingerprint density at radius 2 is 0.692 bits per heavy atom. The minimum absolute atomic E-state index is 0.0191. The minimum atomic E-state index is -2.00. The molecule has 0 rings (SSSR count). The highest BCUT2D eigenvalue weighted by molar-refractivity contribution is 6.00. The van der Waals surface area contributed by atoms with E-state index in [9.17, 15) is 112 Å². The van der Waals surface area contributed by atoms with Gasteiger partial charge in [-0.1, -0.05) is 75.7 Å². The van der Waals surface area contributed by atoms with E-state index >= 15 is 0 Å². The van der Waals surface area contributed by atoms with Gasteiger partial charge in [-0.05, 0) is 107 Å². The summed E-state index contributed by atoms with van der Waals surface area (Å²) >= 11 is 0. The van der Waals surface area contributed by atoms with Crippen molar-refractivity contribution in [1.82, 2.24) is 63.8 Å². The molecule has 39 heteroatoms. The second-order valence-electron chi connectivity index (χ2n) is 27.2. The summed E-state index contributed by atoms with van der Waals surface area (Å²) in [6, 6.07) is -19.6. The van der Waals surface area contributed by atoms with Gasteiger partial charge in [0.25, 0.3) is 0 Å². The van der Waals surface area contributed by atoms with Crippen LogP contribution in [0.4, 0.5) is 0 Å². The Hall–Kier alpha value is -9.66. The normalized spacial score (nSPS) is 15.3. The molecule has 39 nitrogen and oxygen atoms in total. The van der Waals surface area contributed by atoms with Crippen molar-refractivity contribution in [2.75, 3.05) is 13.1 Å². The van der Waals surface area contributed by atoms with E-state index in [4.69, 9.17) is 22.3 Å². The van der Waals surface area contributed by atoms with Crippen LogP contribution in [0, 0.1) is 29.6 Å². The molecule has 0 aromatic carbocycles. The van der Waals surface area contributed by atoms with Gasteiger partial charge in [-0.2, -0.15) is 0 Å². The lowest BCUT2D eigenvalue weighted by Gasteiger charge is -2.29. The number of primary amides is 1. The standard InChI is InChI=1S/C65H111N15O24/c1-12-34(10)52(63(101)73-39(16-19-46(68)82)58(96)80-53(35(11)81)64(102)78-45(65(103)104)26-33(8)9)79-47(83)29-69-55(93)38(17-20-48(84)85)71-57(95)40(18-21-49(86)87)72-60(98)43(25-32(6)7)76-62(100)44(28-51(90)91)77-56(94)37(15-13-14-22-66)70-59(97)42(24-31(4)5)75-61(99)41(23-30(2)3)74-54(92)36(67)27-50(88)89/h30-45,52-53,81H,12-29,66-67H2,1-11H3,(H2,68,82)(H,69,93)(H,70,97)(H,71,95)(H,72,98)(H,73,101)(H,74,92)(H,75,99)(H,76,100)(H,77,94)(H,78,102)(H,79,83)(H,80,96)(H,84,85)(H,86,87)(H,88,89)(H,90,91)(H,103,104)/t34-,35+,36-,37-,38-,39-,40-,41-,42-,43-,44-,45-,52-,53-/m0/s1. The number of carboxylic acid groups (broad SMARTS) is 5. The molecule has 0 saturated heterocycles. The number of aliphatic hydroxyl groups is 1. The van der Waals surface area contributed by atoms with Gasteiger partial charge in [-0.15, -0.1) is 0 Å². The van der Waals surface area contributed by atoms with Gasteiger partial charge in [0.05, 0.1) is 31.5 Å². The molecule has 0 spiro atoms. The maximum atomic E-state index is 14.3. The summed E-state index contributed by atoms with van der Waals surface area (Å²) in [6.45, 7) is 16.8. The number of hydrogen-bond acceptors (Lipinski definition) is 21. The third-order valence-corrected chi connectivity index (χ3v) is 15.8. The van der Waals surface area contributed by atoms with Crippen molar-refractivity contribution in [1.29, 1.82) is 0 Å². The number of carboxylic acids is 5. The second kappa shape index (κ2) is 48.3. The summed E-state index contributed by atoms with van der Waals surface area (Å²) in [6.07, 6.45) is -7.38. The maximum absolute atomic E-state index is 14.3. The fraction of sp³-hybridized carbons (Fsp3) is 0.723. The molecule has 0 saturated carbocycles. The summed E-state index contributed by atoms with van der Waals surface area (Å²) in [5.74, 6) is -23.5. The van der Waals surface area contributed by atoms with Crippen LogP contribution < -0.4 is 81.0 Å². The average molecular weight is 1490 g/mol. The Labute approximate surface area is 602 Å². The predicted octanol–water partition coefficient (Wildman–Crippen LogP) is -4.47. The topological polar surface area (TPSA) is 651 Å². The molecule has 13 amide bonds. The Balaban J connectivity index is 6.98. The van der Waals surface area contributed by atoms with Crippen molar-refractivity contribution in [2.24, 2.45) is 46.8 Å². The van der Waals surface area contributed by atoms with E-state index in [1.54, 1.807) is 62.3 Å². The average Bonchev–Trinajstić information content (AvgIpc) is 0.860. The molecule has 590 valence electrons. The first-order chi connectivity index (χ1) is 48.3. The smallest absolute Gasteiger partial charge is 0.326 e. The zero-order chi connectivity index (χ0) is 80.0. The van der Waals surface area contributed by atoms with Crippen LogP contribution in [0.2, 0.25) is 0 Å². The second-order valence-corrected chi connectivity index (χ2v) is 27.2. The van der Waals surface area contributed by atoms with E-state index in [0.717, 1.165) is 6.92 Å². The van der Waals surface area contributed by atoms with Gasteiger partial charge >= 0.3 is 29.8 Å². The van der Waals surface area contributed by atoms with E-state index in [1.807, 2.05) is 0 Å². The van der Waals surface area contributed by atoms with E-state index in [1.165, 1.54) is 6.92 Å². The predicted molar refractivity (Wildman–Crippen MR) is 368 cm³/mol. The van der Waals surface area contributed by atoms with E-state index in [0.29, 0.717) is 6.42 Å². The number of carbonyl (C=O) groups excluding carboxylic acids is 13. The van der Waals surface area contributed by atoms with Crippen LogP contribution >= 0.6 is 0 Å². The highest BCUT2D eigenvalue weighted by Gasteiger charge is 2.39. The monoisotopic (exact) mass is 1490 g/mol. The van der Waals surface area contributed by atoms with Crippen molar-refractivity contribution in [3.8, 4) is 0 Å². The highest BCUT2D eigenvalue weighted by atomic mass is 16.4. The summed E-state index contributed by atoms with van der Waals surface area (Å²) in [5, 5.41) is 86.8. The summed E-state index contributed by atoms with van der Waals surface area (Å²) < 4.78 is 0. The van der Waals surface area contributed by atoms with Crippen LogP contribution in [0.25, 0.3) is 0 Å². The summed E-state index contributed by atoms with van der Waals surface area (Å²) in [7, 11) is 0. The van der Waals surface area contributed by atoms with Gasteiger partial charge in [0.15, 0.2) is 0 Å². The van der Waals surface area contributed by atoms with E-state index < -0.39 is 255 Å². The lowest BCUT2D eigenvalue weighted by Crippen LogP contribution is -2.61. The zero-order valence-corrected chi connectivity index (χ0v) is 60.9. The Morgan fingerprint density at radius 3 is 1.08 bits per heavy atom. The van der Waals surface area contributed by atoms with Gasteiger partial charge in [-0.3, -0.25) is 81.5 Å². The fourth-order valence-corrected chi connectivity index (χ4v) is 10.2. The third-order valence-electron chi connectivity index (χ3n) is 15.8. The lowest BCUT2D eigenvalue weighted by atomic mass is 9.97. The molecule has 0 heterocycles. The largest absolute Gasteiger partial charge is 0.481 e. The number of nitrogens with two attached hydrogens (primary N) is 3. The minimum Gasteiger partial charge on any atom is -0.481 e. The number of aliphatic hydroxyl groups excluding tert-OH is 1. The van der Waals surface area contributed by atoms with Crippen molar-refractivity contribution < 1.29 is 117 Å². The first kappa shape index (κ1) is 94.3. The molecule has 0 unspecified atom stereocenters. The summed E-state index contributed by atoms with van der Waals surface area (Å²) in [5.41, 5.74) is 16.8. The molecule has 0 fully saturated rings. The number of carbonyl (C=O) groups is 18. The molecule has 24 N–H and O–H groups in total. The van der Waals surface area contributed by atoms with Gasteiger partial charge in [-0.25, -0.2) is 4.79 Å². The van der Waals surface area contributed by atoms with Crippen molar-refractivity contribution in [3.05, 3.63) is 0 Å². The van der Waals surface area contributed by atoms with E-state index in [-0.39, 0.29) is 69.2 Å². The number of hydrogen-bond donors (Lipinski definition) is 21. The SMILES string of the molecule is CC[C@H](C)[C@H](NC(=O)CNC(=O)[C@H](CCC(=O)O)NC(=O)[C@H](CCC(=O)O)NC(=O)[C@H](CC(C)C)NC(=O)[C@H](CC(=O)O)NC(=O)[C@H](CCCCN)NC(=O)[C@H](CC(C)C)NC(=O)[C@H](CC(C)C)NC(=O)[C@@H](N)CC(=O)O)C(=O)N[C@@H](CCC(N)=O)C(=O)N[C@H](C(=O)N[C@@H](CC(C)C)C(=O)O)[C@@H](C)O. The molecule has 0 aliphatic rings. The molecule has 0 aromatic heterocycles. The van der Waals surface area contributed by atoms with Crippen LogP contribution in [-0.2, 0) is 86.3 Å². The Morgan fingerprint density at radius 1 is 0.356 bits per heavy atom. The van der Waals surface area contributed by atoms with Crippen LogP contribution in [0.3, 0.4) is 0 Å². The Kier molecular flexibility index (Phi) is 43.8.